The van der Waals surface area contributed by atoms with Crippen molar-refractivity contribution >= 4 is 0 Å². The van der Waals surface area contributed by atoms with Crippen molar-refractivity contribution < 1.29 is 9.47 Å². The van der Waals surface area contributed by atoms with Crippen LogP contribution < -0.4 is 5.73 Å². The largest absolute Gasteiger partial charge is 0.379 e. The van der Waals surface area contributed by atoms with Gasteiger partial charge in [0.2, 0.25) is 0 Å². The molecule has 0 saturated heterocycles. The van der Waals surface area contributed by atoms with Crippen LogP contribution in [0.25, 0.3) is 0 Å². The van der Waals surface area contributed by atoms with Gasteiger partial charge < -0.3 is 15.2 Å². The molecule has 0 bridgehead atoms. The molecule has 1 rings (SSSR count). The molecule has 0 fully saturated rings. The van der Waals surface area contributed by atoms with Gasteiger partial charge >= 0.3 is 0 Å². The van der Waals surface area contributed by atoms with Crippen molar-refractivity contribution in [2.45, 2.75) is 33.1 Å². The minimum atomic E-state index is 0.133. The molecule has 0 heterocycles. The summed E-state index contributed by atoms with van der Waals surface area (Å²) in [6, 6.07) is 8.17. The molecule has 0 aliphatic heterocycles. The lowest BCUT2D eigenvalue weighted by atomic mass is 10.1. The van der Waals surface area contributed by atoms with E-state index in [1.54, 1.807) is 0 Å². The molecule has 1 atom stereocenters. The van der Waals surface area contributed by atoms with E-state index in [0.717, 1.165) is 12.2 Å². The van der Waals surface area contributed by atoms with Gasteiger partial charge in [-0.25, -0.2) is 0 Å². The minimum absolute atomic E-state index is 0.133. The molecular weight excluding hydrogens is 202 g/mol. The summed E-state index contributed by atoms with van der Waals surface area (Å²) in [5, 5.41) is 0. The maximum Gasteiger partial charge on any atom is 0.0785 e. The predicted octanol–water partition coefficient (Wildman–Crippen LogP) is 2.09. The number of nitrogens with two attached hydrogens (primary N) is 1. The third kappa shape index (κ3) is 4.75. The lowest BCUT2D eigenvalue weighted by molar-refractivity contribution is -0.0116. The highest BCUT2D eigenvalue weighted by molar-refractivity contribution is 5.21. The van der Waals surface area contributed by atoms with Crippen molar-refractivity contribution in [1.82, 2.24) is 0 Å². The monoisotopic (exact) mass is 223 g/mol. The Morgan fingerprint density at radius 2 is 1.81 bits per heavy atom. The Morgan fingerprint density at radius 1 is 1.19 bits per heavy atom. The van der Waals surface area contributed by atoms with Crippen LogP contribution in [0.1, 0.15) is 25.0 Å². The molecule has 16 heavy (non-hydrogen) atoms. The van der Waals surface area contributed by atoms with Gasteiger partial charge in [0.1, 0.15) is 0 Å². The van der Waals surface area contributed by atoms with E-state index in [4.69, 9.17) is 15.2 Å². The molecule has 1 unspecified atom stereocenters. The van der Waals surface area contributed by atoms with Gasteiger partial charge in [0, 0.05) is 13.2 Å². The minimum Gasteiger partial charge on any atom is -0.379 e. The summed E-state index contributed by atoms with van der Waals surface area (Å²) in [6.45, 7) is 6.60. The van der Waals surface area contributed by atoms with Crippen LogP contribution in [0, 0.1) is 0 Å². The molecule has 3 heteroatoms. The van der Waals surface area contributed by atoms with Gasteiger partial charge in [0.05, 0.1) is 19.3 Å². The van der Waals surface area contributed by atoms with Crippen LogP contribution in [0.4, 0.5) is 0 Å². The average molecular weight is 223 g/mol. The molecule has 0 saturated carbocycles. The van der Waals surface area contributed by atoms with Gasteiger partial charge in [-0.1, -0.05) is 24.3 Å². The first-order valence-corrected chi connectivity index (χ1v) is 5.73. The highest BCUT2D eigenvalue weighted by Gasteiger charge is 2.02. The summed E-state index contributed by atoms with van der Waals surface area (Å²) in [5.74, 6) is 0. The normalized spacial score (nSPS) is 12.7. The Morgan fingerprint density at radius 3 is 2.38 bits per heavy atom. The molecule has 0 aliphatic carbocycles. The zero-order valence-electron chi connectivity index (χ0n) is 10.1. The van der Waals surface area contributed by atoms with E-state index in [1.165, 1.54) is 5.56 Å². The fourth-order valence-corrected chi connectivity index (χ4v) is 1.34. The highest BCUT2D eigenvalue weighted by Crippen LogP contribution is 2.06. The quantitative estimate of drug-likeness (QED) is 0.769. The van der Waals surface area contributed by atoms with Gasteiger partial charge in [-0.15, -0.1) is 0 Å². The lowest BCUT2D eigenvalue weighted by Crippen LogP contribution is -2.15. The van der Waals surface area contributed by atoms with Crippen LogP contribution in [0.5, 0.6) is 0 Å². The molecule has 1 aromatic carbocycles. The number of benzene rings is 1. The molecule has 3 nitrogen and oxygen atoms in total. The number of ether oxygens (including phenoxy) is 2. The molecule has 1 aromatic rings. The highest BCUT2D eigenvalue weighted by atomic mass is 16.5. The fourth-order valence-electron chi connectivity index (χ4n) is 1.34. The zero-order valence-corrected chi connectivity index (χ0v) is 10.1. The second-order valence-electron chi connectivity index (χ2n) is 3.80. The fraction of sp³-hybridized carbons (Fsp3) is 0.538. The summed E-state index contributed by atoms with van der Waals surface area (Å²) >= 11 is 0. The van der Waals surface area contributed by atoms with E-state index in [1.807, 2.05) is 26.0 Å². The molecule has 0 aliphatic rings. The van der Waals surface area contributed by atoms with Gasteiger partial charge in [-0.05, 0) is 25.0 Å². The smallest absolute Gasteiger partial charge is 0.0785 e. The van der Waals surface area contributed by atoms with Crippen LogP contribution in [0.15, 0.2) is 24.3 Å². The topological polar surface area (TPSA) is 44.5 Å². The van der Waals surface area contributed by atoms with Crippen LogP contribution in [-0.2, 0) is 22.6 Å². The van der Waals surface area contributed by atoms with Crippen molar-refractivity contribution in [2.75, 3.05) is 13.2 Å². The standard InChI is InChI=1S/C13H21NO2/c1-3-15-9-11(2)16-10-13-6-4-12(8-14)5-7-13/h4-7,11H,3,8-10,14H2,1-2H3. The molecule has 90 valence electrons. The van der Waals surface area contributed by atoms with E-state index in [-0.39, 0.29) is 6.10 Å². The van der Waals surface area contributed by atoms with E-state index in [0.29, 0.717) is 19.8 Å². The van der Waals surface area contributed by atoms with Gasteiger partial charge in [-0.3, -0.25) is 0 Å². The summed E-state index contributed by atoms with van der Waals surface area (Å²) in [7, 11) is 0. The van der Waals surface area contributed by atoms with Crippen molar-refractivity contribution in [3.05, 3.63) is 35.4 Å². The Hall–Kier alpha value is -0.900. The zero-order chi connectivity index (χ0) is 11.8. The van der Waals surface area contributed by atoms with E-state index in [2.05, 4.69) is 12.1 Å². The number of hydrogen-bond donors (Lipinski definition) is 1. The van der Waals surface area contributed by atoms with Crippen LogP contribution in [0.3, 0.4) is 0 Å². The lowest BCUT2D eigenvalue weighted by Gasteiger charge is -2.12. The average Bonchev–Trinajstić information content (AvgIpc) is 2.34. The van der Waals surface area contributed by atoms with E-state index in [9.17, 15) is 0 Å². The molecule has 0 amide bonds. The summed E-state index contributed by atoms with van der Waals surface area (Å²) in [6.07, 6.45) is 0.133. The SMILES string of the molecule is CCOCC(C)OCc1ccc(CN)cc1. The molecular formula is C13H21NO2. The van der Waals surface area contributed by atoms with Gasteiger partial charge in [-0.2, -0.15) is 0 Å². The molecule has 0 radical (unpaired) electrons. The third-order valence-corrected chi connectivity index (χ3v) is 2.35. The number of hydrogen-bond acceptors (Lipinski definition) is 3. The second kappa shape index (κ2) is 7.39. The maximum atomic E-state index is 5.65. The first kappa shape index (κ1) is 13.2. The summed E-state index contributed by atoms with van der Waals surface area (Å²) in [4.78, 5) is 0. The van der Waals surface area contributed by atoms with Crippen LogP contribution in [0.2, 0.25) is 0 Å². The van der Waals surface area contributed by atoms with Crippen LogP contribution in [-0.4, -0.2) is 19.3 Å². The van der Waals surface area contributed by atoms with Crippen molar-refractivity contribution in [2.24, 2.45) is 5.73 Å². The first-order chi connectivity index (χ1) is 7.76. The molecule has 0 spiro atoms. The van der Waals surface area contributed by atoms with E-state index >= 15 is 0 Å². The third-order valence-electron chi connectivity index (χ3n) is 2.35. The van der Waals surface area contributed by atoms with Crippen LogP contribution >= 0.6 is 0 Å². The number of rotatable bonds is 7. The second-order valence-corrected chi connectivity index (χ2v) is 3.80. The van der Waals surface area contributed by atoms with E-state index < -0.39 is 0 Å². The predicted molar refractivity (Wildman–Crippen MR) is 65.1 cm³/mol. The first-order valence-electron chi connectivity index (χ1n) is 5.73. The molecule has 2 N–H and O–H groups in total. The Balaban J connectivity index is 2.30. The Kier molecular flexibility index (Phi) is 6.08. The maximum absolute atomic E-state index is 5.65. The summed E-state index contributed by atoms with van der Waals surface area (Å²) in [5.41, 5.74) is 7.84. The van der Waals surface area contributed by atoms with Crippen molar-refractivity contribution in [3.8, 4) is 0 Å². The Bertz CT molecular complexity index is 284. The van der Waals surface area contributed by atoms with Gasteiger partial charge in [0.25, 0.3) is 0 Å². The summed E-state index contributed by atoms with van der Waals surface area (Å²) < 4.78 is 10.9. The van der Waals surface area contributed by atoms with Crippen molar-refractivity contribution in [1.29, 1.82) is 0 Å². The molecule has 0 aromatic heterocycles. The van der Waals surface area contributed by atoms with Gasteiger partial charge in [0.15, 0.2) is 0 Å². The Labute approximate surface area is 97.6 Å². The van der Waals surface area contributed by atoms with Crippen molar-refractivity contribution in [3.63, 3.8) is 0 Å².